The van der Waals surface area contributed by atoms with Gasteiger partial charge in [-0.05, 0) is 55.8 Å². The molecule has 0 aliphatic rings. The molecule has 1 aromatic heterocycles. The fraction of sp³-hybridized carbons (Fsp3) is 0.105. The third-order valence-corrected chi connectivity index (χ3v) is 4.05. The molecule has 0 atom stereocenters. The van der Waals surface area contributed by atoms with E-state index in [-0.39, 0.29) is 0 Å². The maximum Gasteiger partial charge on any atom is 0.229 e. The van der Waals surface area contributed by atoms with Crippen molar-refractivity contribution in [3.63, 3.8) is 0 Å². The van der Waals surface area contributed by atoms with Gasteiger partial charge in [0.25, 0.3) is 0 Å². The quantitative estimate of drug-likeness (QED) is 0.635. The smallest absolute Gasteiger partial charge is 0.229 e. The third-order valence-electron chi connectivity index (χ3n) is 3.55. The van der Waals surface area contributed by atoms with E-state index >= 15 is 0 Å². The SMILES string of the molecule is Cc1cc(Nc2cccc(C#N)c2)nc(Nc2ccc(Br)cc2C)n1. The van der Waals surface area contributed by atoms with E-state index in [0.717, 1.165) is 27.1 Å². The first-order chi connectivity index (χ1) is 12.0. The zero-order valence-corrected chi connectivity index (χ0v) is 15.4. The van der Waals surface area contributed by atoms with E-state index in [2.05, 4.69) is 42.6 Å². The highest BCUT2D eigenvalue weighted by Gasteiger charge is 2.06. The molecule has 5 nitrogen and oxygen atoms in total. The minimum atomic E-state index is 0.518. The number of nitrogens with zero attached hydrogens (tertiary/aromatic N) is 3. The van der Waals surface area contributed by atoms with Crippen molar-refractivity contribution in [2.45, 2.75) is 13.8 Å². The van der Waals surface area contributed by atoms with Crippen LogP contribution in [0.25, 0.3) is 0 Å². The van der Waals surface area contributed by atoms with Crippen LogP contribution in [-0.2, 0) is 0 Å². The standard InChI is InChI=1S/C19H16BrN5/c1-12-8-15(20)6-7-17(12)24-19-22-13(2)9-18(25-19)23-16-5-3-4-14(10-16)11-21/h3-10H,1-2H3,(H2,22,23,24,25). The van der Waals surface area contributed by atoms with Gasteiger partial charge in [-0.2, -0.15) is 10.2 Å². The van der Waals surface area contributed by atoms with Gasteiger partial charge in [0.05, 0.1) is 11.6 Å². The molecule has 3 rings (SSSR count). The molecule has 0 aliphatic carbocycles. The van der Waals surface area contributed by atoms with Crippen molar-refractivity contribution in [3.8, 4) is 6.07 Å². The van der Waals surface area contributed by atoms with Gasteiger partial charge in [-0.25, -0.2) is 4.98 Å². The third kappa shape index (κ3) is 4.34. The number of hydrogen-bond acceptors (Lipinski definition) is 5. The highest BCUT2D eigenvalue weighted by atomic mass is 79.9. The molecule has 0 spiro atoms. The van der Waals surface area contributed by atoms with Crippen molar-refractivity contribution >= 4 is 39.1 Å². The maximum absolute atomic E-state index is 9.01. The van der Waals surface area contributed by atoms with Crippen LogP contribution in [0.15, 0.2) is 53.0 Å². The number of aromatic nitrogens is 2. The second-order valence-corrected chi connectivity index (χ2v) is 6.54. The summed E-state index contributed by atoms with van der Waals surface area (Å²) in [6.07, 6.45) is 0. The average molecular weight is 394 g/mol. The van der Waals surface area contributed by atoms with Crippen LogP contribution < -0.4 is 10.6 Å². The molecule has 124 valence electrons. The Morgan fingerprint density at radius 1 is 1.00 bits per heavy atom. The monoisotopic (exact) mass is 393 g/mol. The first kappa shape index (κ1) is 16.9. The molecule has 0 saturated heterocycles. The van der Waals surface area contributed by atoms with Gasteiger partial charge in [0, 0.05) is 27.6 Å². The number of nitrogens with one attached hydrogen (secondary N) is 2. The van der Waals surface area contributed by atoms with E-state index in [1.165, 1.54) is 0 Å². The molecule has 0 radical (unpaired) electrons. The van der Waals surface area contributed by atoms with Crippen molar-refractivity contribution in [2.75, 3.05) is 10.6 Å². The van der Waals surface area contributed by atoms with Crippen LogP contribution >= 0.6 is 15.9 Å². The van der Waals surface area contributed by atoms with Crippen LogP contribution in [0.3, 0.4) is 0 Å². The number of rotatable bonds is 4. The highest BCUT2D eigenvalue weighted by molar-refractivity contribution is 9.10. The predicted molar refractivity (Wildman–Crippen MR) is 103 cm³/mol. The molecule has 0 bridgehead atoms. The molecule has 0 fully saturated rings. The van der Waals surface area contributed by atoms with Crippen LogP contribution in [0.2, 0.25) is 0 Å². The van der Waals surface area contributed by atoms with Gasteiger partial charge >= 0.3 is 0 Å². The first-order valence-corrected chi connectivity index (χ1v) is 8.49. The van der Waals surface area contributed by atoms with Crippen LogP contribution in [0.4, 0.5) is 23.1 Å². The summed E-state index contributed by atoms with van der Waals surface area (Å²) in [5.41, 5.74) is 4.29. The molecule has 0 amide bonds. The molecule has 6 heteroatoms. The first-order valence-electron chi connectivity index (χ1n) is 7.69. The van der Waals surface area contributed by atoms with Crippen LogP contribution in [0, 0.1) is 25.2 Å². The number of nitriles is 1. The summed E-state index contributed by atoms with van der Waals surface area (Å²) < 4.78 is 1.03. The topological polar surface area (TPSA) is 73.6 Å². The van der Waals surface area contributed by atoms with E-state index in [0.29, 0.717) is 17.3 Å². The van der Waals surface area contributed by atoms with Gasteiger partial charge in [-0.3, -0.25) is 0 Å². The summed E-state index contributed by atoms with van der Waals surface area (Å²) in [4.78, 5) is 8.96. The van der Waals surface area contributed by atoms with Gasteiger partial charge in [-0.1, -0.05) is 22.0 Å². The van der Waals surface area contributed by atoms with E-state index in [1.54, 1.807) is 12.1 Å². The average Bonchev–Trinajstić information content (AvgIpc) is 2.57. The predicted octanol–water partition coefficient (Wildman–Crippen LogP) is 5.21. The summed E-state index contributed by atoms with van der Waals surface area (Å²) in [5.74, 6) is 1.18. The van der Waals surface area contributed by atoms with E-state index in [4.69, 9.17) is 5.26 Å². The normalized spacial score (nSPS) is 10.2. The van der Waals surface area contributed by atoms with E-state index in [1.807, 2.05) is 50.2 Å². The molecular formula is C19H16BrN5. The summed E-state index contributed by atoms with van der Waals surface area (Å²) in [7, 11) is 0. The second-order valence-electron chi connectivity index (χ2n) is 5.62. The second kappa shape index (κ2) is 7.32. The molecule has 2 aromatic carbocycles. The van der Waals surface area contributed by atoms with Crippen molar-refractivity contribution in [3.05, 3.63) is 69.8 Å². The Morgan fingerprint density at radius 3 is 2.60 bits per heavy atom. The Bertz CT molecular complexity index is 962. The number of benzene rings is 2. The van der Waals surface area contributed by atoms with Crippen molar-refractivity contribution in [2.24, 2.45) is 0 Å². The molecule has 0 aliphatic heterocycles. The fourth-order valence-electron chi connectivity index (χ4n) is 2.39. The number of anilines is 4. The summed E-state index contributed by atoms with van der Waals surface area (Å²) in [6, 6.07) is 17.2. The van der Waals surface area contributed by atoms with Crippen LogP contribution in [-0.4, -0.2) is 9.97 Å². The van der Waals surface area contributed by atoms with Crippen molar-refractivity contribution in [1.82, 2.24) is 9.97 Å². The Hall–Kier alpha value is -2.91. The van der Waals surface area contributed by atoms with Gasteiger partial charge < -0.3 is 10.6 Å². The Balaban J connectivity index is 1.86. The minimum Gasteiger partial charge on any atom is -0.340 e. The van der Waals surface area contributed by atoms with Crippen molar-refractivity contribution in [1.29, 1.82) is 5.26 Å². The lowest BCUT2D eigenvalue weighted by atomic mass is 10.2. The summed E-state index contributed by atoms with van der Waals surface area (Å²) in [5, 5.41) is 15.5. The minimum absolute atomic E-state index is 0.518. The van der Waals surface area contributed by atoms with Crippen LogP contribution in [0.5, 0.6) is 0 Å². The Kier molecular flexibility index (Phi) is 4.96. The molecule has 2 N–H and O–H groups in total. The lowest BCUT2D eigenvalue weighted by molar-refractivity contribution is 1.10. The Morgan fingerprint density at radius 2 is 1.84 bits per heavy atom. The van der Waals surface area contributed by atoms with Gasteiger partial charge in [0.15, 0.2) is 0 Å². The largest absolute Gasteiger partial charge is 0.340 e. The van der Waals surface area contributed by atoms with Crippen molar-refractivity contribution < 1.29 is 0 Å². The Labute approximate surface area is 154 Å². The molecule has 0 saturated carbocycles. The highest BCUT2D eigenvalue weighted by Crippen LogP contribution is 2.24. The lowest BCUT2D eigenvalue weighted by Gasteiger charge is -2.12. The lowest BCUT2D eigenvalue weighted by Crippen LogP contribution is -2.03. The van der Waals surface area contributed by atoms with E-state index < -0.39 is 0 Å². The molecule has 25 heavy (non-hydrogen) atoms. The molecular weight excluding hydrogens is 378 g/mol. The van der Waals surface area contributed by atoms with Gasteiger partial charge in [-0.15, -0.1) is 0 Å². The zero-order chi connectivity index (χ0) is 17.8. The summed E-state index contributed by atoms with van der Waals surface area (Å²) >= 11 is 3.46. The van der Waals surface area contributed by atoms with Crippen LogP contribution in [0.1, 0.15) is 16.8 Å². The molecule has 1 heterocycles. The number of hydrogen-bond donors (Lipinski definition) is 2. The van der Waals surface area contributed by atoms with Gasteiger partial charge in [0.1, 0.15) is 5.82 Å². The number of aryl methyl sites for hydroxylation is 2. The number of halogens is 1. The maximum atomic E-state index is 9.01. The van der Waals surface area contributed by atoms with E-state index in [9.17, 15) is 0 Å². The van der Waals surface area contributed by atoms with Gasteiger partial charge in [0.2, 0.25) is 5.95 Å². The molecule has 0 unspecified atom stereocenters. The molecule has 3 aromatic rings. The summed E-state index contributed by atoms with van der Waals surface area (Å²) in [6.45, 7) is 3.94. The fourth-order valence-corrected chi connectivity index (χ4v) is 2.87. The zero-order valence-electron chi connectivity index (χ0n) is 13.8.